The monoisotopic (exact) mass is 360 g/mol. The summed E-state index contributed by atoms with van der Waals surface area (Å²) in [6, 6.07) is 0. The number of ether oxygens (including phenoxy) is 2. The summed E-state index contributed by atoms with van der Waals surface area (Å²) in [5, 5.41) is 18.3. The molecule has 0 aromatic rings. The SMILES string of the molecule is C=C1CC(OC(=O)C(=CCO)CO)C2C(=C)C(=O)OC2C2C(C)=CCC12. The summed E-state index contributed by atoms with van der Waals surface area (Å²) in [7, 11) is 0. The quantitative estimate of drug-likeness (QED) is 0.448. The van der Waals surface area contributed by atoms with Gasteiger partial charge in [0.05, 0.1) is 24.7 Å². The van der Waals surface area contributed by atoms with Crippen LogP contribution < -0.4 is 0 Å². The summed E-state index contributed by atoms with van der Waals surface area (Å²) < 4.78 is 11.2. The van der Waals surface area contributed by atoms with Crippen LogP contribution in [0.2, 0.25) is 0 Å². The van der Waals surface area contributed by atoms with Crippen molar-refractivity contribution in [2.24, 2.45) is 17.8 Å². The van der Waals surface area contributed by atoms with Crippen LogP contribution in [0, 0.1) is 17.8 Å². The van der Waals surface area contributed by atoms with Gasteiger partial charge in [-0.25, -0.2) is 9.59 Å². The zero-order chi connectivity index (χ0) is 19.0. The highest BCUT2D eigenvalue weighted by molar-refractivity contribution is 5.92. The number of hydrogen-bond donors (Lipinski definition) is 2. The number of carbonyl (C=O) groups excluding carboxylic acids is 2. The summed E-state index contributed by atoms with van der Waals surface area (Å²) in [5.74, 6) is -1.46. The lowest BCUT2D eigenvalue weighted by molar-refractivity contribution is -0.148. The first-order chi connectivity index (χ1) is 12.4. The summed E-state index contributed by atoms with van der Waals surface area (Å²) in [5.41, 5.74) is 2.39. The van der Waals surface area contributed by atoms with Crippen molar-refractivity contribution >= 4 is 11.9 Å². The van der Waals surface area contributed by atoms with Gasteiger partial charge in [-0.15, -0.1) is 0 Å². The van der Waals surface area contributed by atoms with E-state index < -0.39 is 36.7 Å². The molecule has 0 amide bonds. The fourth-order valence-electron chi connectivity index (χ4n) is 4.35. The van der Waals surface area contributed by atoms with Crippen LogP contribution in [0.15, 0.2) is 47.6 Å². The van der Waals surface area contributed by atoms with Gasteiger partial charge < -0.3 is 19.7 Å². The highest BCUT2D eigenvalue weighted by Gasteiger charge is 2.54. The standard InChI is InChI=1S/C20H24O6/c1-10-4-5-14-11(2)8-15(25-20(24)13(9-22)6-7-21)17-12(3)19(23)26-18(17)16(10)14/h4,6,14-18,21-22H,2-3,5,7-9H2,1H3. The van der Waals surface area contributed by atoms with E-state index in [0.717, 1.165) is 17.6 Å². The van der Waals surface area contributed by atoms with Crippen molar-refractivity contribution in [3.05, 3.63) is 47.6 Å². The largest absolute Gasteiger partial charge is 0.458 e. The number of aliphatic hydroxyl groups is 2. The third-order valence-corrected chi connectivity index (χ3v) is 5.69. The predicted molar refractivity (Wildman–Crippen MR) is 93.8 cm³/mol. The van der Waals surface area contributed by atoms with Gasteiger partial charge >= 0.3 is 11.9 Å². The van der Waals surface area contributed by atoms with Gasteiger partial charge in [-0.2, -0.15) is 0 Å². The van der Waals surface area contributed by atoms with Crippen LogP contribution in [0.1, 0.15) is 19.8 Å². The first-order valence-electron chi connectivity index (χ1n) is 8.74. The first-order valence-corrected chi connectivity index (χ1v) is 8.74. The Balaban J connectivity index is 1.92. The second-order valence-corrected chi connectivity index (χ2v) is 7.11. The molecular weight excluding hydrogens is 336 g/mol. The minimum atomic E-state index is -0.718. The first kappa shape index (κ1) is 18.6. The molecule has 6 heteroatoms. The van der Waals surface area contributed by atoms with Crippen molar-refractivity contribution < 1.29 is 29.3 Å². The van der Waals surface area contributed by atoms with E-state index in [0.29, 0.717) is 12.0 Å². The molecule has 140 valence electrons. The summed E-state index contributed by atoms with van der Waals surface area (Å²) in [6.45, 7) is 9.15. The van der Waals surface area contributed by atoms with Gasteiger partial charge in [-0.3, -0.25) is 0 Å². The highest BCUT2D eigenvalue weighted by atomic mass is 16.6. The maximum absolute atomic E-state index is 12.4. The molecule has 1 saturated heterocycles. The minimum absolute atomic E-state index is 0.0182. The molecule has 1 aliphatic heterocycles. The molecule has 3 rings (SSSR count). The summed E-state index contributed by atoms with van der Waals surface area (Å²) in [4.78, 5) is 24.5. The number of esters is 2. The van der Waals surface area contributed by atoms with E-state index in [1.807, 2.05) is 6.92 Å². The third kappa shape index (κ3) is 3.04. The lowest BCUT2D eigenvalue weighted by Gasteiger charge is -2.28. The molecule has 5 atom stereocenters. The van der Waals surface area contributed by atoms with Gasteiger partial charge in [0.15, 0.2) is 0 Å². The Morgan fingerprint density at radius 3 is 2.77 bits per heavy atom. The van der Waals surface area contributed by atoms with E-state index in [1.165, 1.54) is 6.08 Å². The van der Waals surface area contributed by atoms with Crippen molar-refractivity contribution in [3.63, 3.8) is 0 Å². The van der Waals surface area contributed by atoms with Crippen LogP contribution in [0.25, 0.3) is 0 Å². The molecule has 1 saturated carbocycles. The van der Waals surface area contributed by atoms with Gasteiger partial charge in [-0.05, 0) is 25.3 Å². The van der Waals surface area contributed by atoms with E-state index in [-0.39, 0.29) is 24.0 Å². The predicted octanol–water partition coefficient (Wildman–Crippen LogP) is 1.45. The Morgan fingerprint density at radius 2 is 2.12 bits per heavy atom. The van der Waals surface area contributed by atoms with E-state index in [1.54, 1.807) is 0 Å². The molecule has 0 aromatic carbocycles. The van der Waals surface area contributed by atoms with Crippen LogP contribution in [0.3, 0.4) is 0 Å². The number of rotatable bonds is 4. The van der Waals surface area contributed by atoms with Crippen LogP contribution in [-0.2, 0) is 19.1 Å². The molecule has 2 fully saturated rings. The third-order valence-electron chi connectivity index (χ3n) is 5.69. The second kappa shape index (κ2) is 7.21. The summed E-state index contributed by atoms with van der Waals surface area (Å²) >= 11 is 0. The molecule has 2 aliphatic carbocycles. The topological polar surface area (TPSA) is 93.1 Å². The van der Waals surface area contributed by atoms with Crippen molar-refractivity contribution in [2.45, 2.75) is 32.0 Å². The van der Waals surface area contributed by atoms with Crippen molar-refractivity contribution in [3.8, 4) is 0 Å². The van der Waals surface area contributed by atoms with Gasteiger partial charge in [0, 0.05) is 17.9 Å². The molecule has 26 heavy (non-hydrogen) atoms. The lowest BCUT2D eigenvalue weighted by Crippen LogP contribution is -2.36. The molecule has 1 heterocycles. The van der Waals surface area contributed by atoms with E-state index in [2.05, 4.69) is 19.2 Å². The molecule has 3 aliphatic rings. The molecule has 6 nitrogen and oxygen atoms in total. The van der Waals surface area contributed by atoms with E-state index in [9.17, 15) is 14.7 Å². The van der Waals surface area contributed by atoms with Gasteiger partial charge in [0.25, 0.3) is 0 Å². The maximum Gasteiger partial charge on any atom is 0.336 e. The van der Waals surface area contributed by atoms with Gasteiger partial charge in [0.2, 0.25) is 0 Å². The molecule has 0 bridgehead atoms. The number of aliphatic hydroxyl groups excluding tert-OH is 2. The molecule has 0 spiro atoms. The normalized spacial score (nSPS) is 34.0. The summed E-state index contributed by atoms with van der Waals surface area (Å²) in [6.07, 6.45) is 3.50. The van der Waals surface area contributed by atoms with Crippen LogP contribution in [0.4, 0.5) is 0 Å². The average Bonchev–Trinajstić information content (AvgIpc) is 3.08. The van der Waals surface area contributed by atoms with Crippen molar-refractivity contribution in [2.75, 3.05) is 13.2 Å². The Labute approximate surface area is 152 Å². The molecule has 5 unspecified atom stereocenters. The minimum Gasteiger partial charge on any atom is -0.458 e. The number of carbonyl (C=O) groups is 2. The molecular formula is C20H24O6. The Kier molecular flexibility index (Phi) is 5.16. The Hall–Kier alpha value is -2.18. The van der Waals surface area contributed by atoms with Crippen LogP contribution in [-0.4, -0.2) is 47.6 Å². The lowest BCUT2D eigenvalue weighted by atomic mass is 9.80. The van der Waals surface area contributed by atoms with Crippen LogP contribution in [0.5, 0.6) is 0 Å². The molecule has 2 N–H and O–H groups in total. The van der Waals surface area contributed by atoms with Crippen LogP contribution >= 0.6 is 0 Å². The fourth-order valence-corrected chi connectivity index (χ4v) is 4.35. The van der Waals surface area contributed by atoms with Crippen molar-refractivity contribution in [1.82, 2.24) is 0 Å². The smallest absolute Gasteiger partial charge is 0.336 e. The fraction of sp³-hybridized carbons (Fsp3) is 0.500. The van der Waals surface area contributed by atoms with E-state index in [4.69, 9.17) is 14.6 Å². The Morgan fingerprint density at radius 1 is 1.38 bits per heavy atom. The zero-order valence-corrected chi connectivity index (χ0v) is 14.8. The number of hydrogen-bond acceptors (Lipinski definition) is 6. The zero-order valence-electron chi connectivity index (χ0n) is 14.8. The average molecular weight is 360 g/mol. The number of allylic oxidation sites excluding steroid dienone is 1. The van der Waals surface area contributed by atoms with Gasteiger partial charge in [-0.1, -0.05) is 30.4 Å². The molecule has 0 radical (unpaired) electrons. The second-order valence-electron chi connectivity index (χ2n) is 7.11. The highest BCUT2D eigenvalue weighted by Crippen LogP contribution is 2.50. The van der Waals surface area contributed by atoms with Gasteiger partial charge in [0.1, 0.15) is 12.2 Å². The van der Waals surface area contributed by atoms with Crippen molar-refractivity contribution in [1.29, 1.82) is 0 Å². The molecule has 0 aromatic heterocycles. The van der Waals surface area contributed by atoms with E-state index >= 15 is 0 Å². The number of fused-ring (bicyclic) bond motifs is 3. The maximum atomic E-state index is 12.4. The Bertz CT molecular complexity index is 716.